The van der Waals surface area contributed by atoms with E-state index in [1.165, 1.54) is 0 Å². The third-order valence-corrected chi connectivity index (χ3v) is 6.94. The van der Waals surface area contributed by atoms with E-state index in [1.807, 2.05) is 72.8 Å². The van der Waals surface area contributed by atoms with Crippen molar-refractivity contribution in [3.8, 4) is 17.2 Å². The minimum Gasteiger partial charge on any atom is -0.489 e. The fourth-order valence-corrected chi connectivity index (χ4v) is 4.71. The quantitative estimate of drug-likeness (QED) is 0.142. The van der Waals surface area contributed by atoms with Gasteiger partial charge in [-0.15, -0.1) is 0 Å². The van der Waals surface area contributed by atoms with Crippen LogP contribution >= 0.6 is 50.7 Å². The number of amides is 1. The number of hydrogen-bond donors (Lipinski definition) is 2. The van der Waals surface area contributed by atoms with Gasteiger partial charge in [-0.3, -0.25) is 10.1 Å². The standard InChI is InChI=1S/C28H19BrIN3O3S/c29-23-11-9-19(30)14-22(23)27-32-24-15-20(10-12-25(24)36-27)31-28(37)33-26(34)18-7-4-8-21(13-18)35-16-17-5-2-1-3-6-17/h1-15H,16H2,(H2,31,33,34,37). The van der Waals surface area contributed by atoms with Crippen LogP contribution in [0.15, 0.2) is 99.9 Å². The molecule has 0 unspecified atom stereocenters. The molecule has 5 rings (SSSR count). The molecule has 6 nitrogen and oxygen atoms in total. The van der Waals surface area contributed by atoms with E-state index < -0.39 is 0 Å². The van der Waals surface area contributed by atoms with E-state index in [0.717, 1.165) is 19.2 Å². The third-order valence-electron chi connectivity index (χ3n) is 5.38. The monoisotopic (exact) mass is 683 g/mol. The molecule has 9 heteroatoms. The van der Waals surface area contributed by atoms with Crippen molar-refractivity contribution in [3.05, 3.63) is 110 Å². The van der Waals surface area contributed by atoms with Crippen LogP contribution in [0.4, 0.5) is 5.69 Å². The van der Waals surface area contributed by atoms with Gasteiger partial charge in [0, 0.05) is 19.3 Å². The van der Waals surface area contributed by atoms with Gasteiger partial charge in [-0.1, -0.05) is 36.4 Å². The van der Waals surface area contributed by atoms with E-state index in [0.29, 0.717) is 40.6 Å². The summed E-state index contributed by atoms with van der Waals surface area (Å²) >= 11 is 11.2. The first-order valence-corrected chi connectivity index (χ1v) is 13.5. The zero-order valence-electron chi connectivity index (χ0n) is 19.2. The Kier molecular flexibility index (Phi) is 7.82. The number of thiocarbonyl (C=S) groups is 1. The Morgan fingerprint density at radius 1 is 1.00 bits per heavy atom. The molecule has 1 heterocycles. The van der Waals surface area contributed by atoms with Crippen LogP contribution in [-0.4, -0.2) is 16.0 Å². The number of nitrogens with one attached hydrogen (secondary N) is 2. The maximum atomic E-state index is 12.8. The first-order valence-electron chi connectivity index (χ1n) is 11.2. The third kappa shape index (κ3) is 6.35. The van der Waals surface area contributed by atoms with Crippen molar-refractivity contribution in [2.24, 2.45) is 0 Å². The van der Waals surface area contributed by atoms with Crippen molar-refractivity contribution in [2.75, 3.05) is 5.32 Å². The molecule has 0 bridgehead atoms. The van der Waals surface area contributed by atoms with Crippen LogP contribution < -0.4 is 15.4 Å². The first-order chi connectivity index (χ1) is 17.9. The molecule has 0 saturated heterocycles. The number of aromatic nitrogens is 1. The molecule has 0 saturated carbocycles. The van der Waals surface area contributed by atoms with E-state index in [4.69, 9.17) is 21.4 Å². The van der Waals surface area contributed by atoms with E-state index in [9.17, 15) is 4.79 Å². The minimum absolute atomic E-state index is 0.170. The van der Waals surface area contributed by atoms with E-state index in [1.54, 1.807) is 18.2 Å². The highest BCUT2D eigenvalue weighted by Gasteiger charge is 2.14. The Bertz CT molecular complexity index is 1610. The van der Waals surface area contributed by atoms with E-state index in [2.05, 4.69) is 54.1 Å². The van der Waals surface area contributed by atoms with Crippen LogP contribution in [0.25, 0.3) is 22.6 Å². The first kappa shape index (κ1) is 25.4. The van der Waals surface area contributed by atoms with Crippen molar-refractivity contribution in [1.82, 2.24) is 10.3 Å². The number of nitrogens with zero attached hydrogens (tertiary/aromatic N) is 1. The summed E-state index contributed by atoms with van der Waals surface area (Å²) in [4.78, 5) is 17.4. The molecule has 37 heavy (non-hydrogen) atoms. The summed E-state index contributed by atoms with van der Waals surface area (Å²) in [6, 6.07) is 28.2. The number of anilines is 1. The molecule has 0 aliphatic carbocycles. The summed E-state index contributed by atoms with van der Waals surface area (Å²) in [5.41, 5.74) is 4.35. The Labute approximate surface area is 240 Å². The molecule has 0 aliphatic heterocycles. The predicted molar refractivity (Wildman–Crippen MR) is 161 cm³/mol. The number of carbonyl (C=O) groups excluding carboxylic acids is 1. The summed E-state index contributed by atoms with van der Waals surface area (Å²) in [6.07, 6.45) is 0. The van der Waals surface area contributed by atoms with Gasteiger partial charge >= 0.3 is 0 Å². The molecular formula is C28H19BrIN3O3S. The molecular weight excluding hydrogens is 665 g/mol. The molecule has 0 spiro atoms. The summed E-state index contributed by atoms with van der Waals surface area (Å²) in [5.74, 6) is 0.779. The molecule has 0 fully saturated rings. The van der Waals surface area contributed by atoms with E-state index >= 15 is 0 Å². The molecule has 0 atom stereocenters. The van der Waals surface area contributed by atoms with Gasteiger partial charge in [-0.25, -0.2) is 4.98 Å². The van der Waals surface area contributed by atoms with Gasteiger partial charge in [0.25, 0.3) is 5.91 Å². The van der Waals surface area contributed by atoms with Gasteiger partial charge in [-0.2, -0.15) is 0 Å². The number of benzene rings is 4. The van der Waals surface area contributed by atoms with Crippen LogP contribution in [0.5, 0.6) is 5.75 Å². The fourth-order valence-electron chi connectivity index (χ4n) is 3.59. The summed E-state index contributed by atoms with van der Waals surface area (Å²) in [5, 5.41) is 5.93. The van der Waals surface area contributed by atoms with Crippen LogP contribution in [0.3, 0.4) is 0 Å². The summed E-state index contributed by atoms with van der Waals surface area (Å²) < 4.78 is 13.7. The maximum absolute atomic E-state index is 12.8. The van der Waals surface area contributed by atoms with Crippen LogP contribution in [0, 0.1) is 3.57 Å². The lowest BCUT2D eigenvalue weighted by Crippen LogP contribution is -2.34. The normalized spacial score (nSPS) is 10.8. The zero-order valence-corrected chi connectivity index (χ0v) is 23.8. The second-order valence-corrected chi connectivity index (χ2v) is 10.5. The van der Waals surface area contributed by atoms with Gasteiger partial charge in [0.15, 0.2) is 10.7 Å². The SMILES string of the molecule is O=C(NC(=S)Nc1ccc2oc(-c3cc(I)ccc3Br)nc2c1)c1cccc(OCc2ccccc2)c1. The second-order valence-electron chi connectivity index (χ2n) is 8.04. The number of ether oxygens (including phenoxy) is 1. The number of oxazole rings is 1. The predicted octanol–water partition coefficient (Wildman–Crippen LogP) is 7.57. The highest BCUT2D eigenvalue weighted by molar-refractivity contribution is 14.1. The topological polar surface area (TPSA) is 76.4 Å². The lowest BCUT2D eigenvalue weighted by molar-refractivity contribution is 0.0977. The largest absolute Gasteiger partial charge is 0.489 e. The Hall–Kier alpha value is -3.28. The van der Waals surface area contributed by atoms with Crippen LogP contribution in [-0.2, 0) is 6.61 Å². The molecule has 1 aromatic heterocycles. The van der Waals surface area contributed by atoms with Crippen LogP contribution in [0.2, 0.25) is 0 Å². The lowest BCUT2D eigenvalue weighted by Gasteiger charge is -2.11. The van der Waals surface area contributed by atoms with Crippen molar-refractivity contribution >= 4 is 78.5 Å². The molecule has 2 N–H and O–H groups in total. The number of fused-ring (bicyclic) bond motifs is 1. The molecule has 1 amide bonds. The number of hydrogen-bond acceptors (Lipinski definition) is 5. The molecule has 4 aromatic carbocycles. The maximum Gasteiger partial charge on any atom is 0.257 e. The number of carbonyl (C=O) groups is 1. The van der Waals surface area contributed by atoms with Gasteiger partial charge in [0.1, 0.15) is 17.9 Å². The summed E-state index contributed by atoms with van der Waals surface area (Å²) in [6.45, 7) is 0.415. The fraction of sp³-hybridized carbons (Fsp3) is 0.0357. The Morgan fingerprint density at radius 2 is 1.84 bits per heavy atom. The Balaban J connectivity index is 1.23. The van der Waals surface area contributed by atoms with Gasteiger partial charge < -0.3 is 14.5 Å². The van der Waals surface area contributed by atoms with Gasteiger partial charge in [-0.05, 0) is 111 Å². The molecule has 5 aromatic rings. The molecule has 184 valence electrons. The van der Waals surface area contributed by atoms with Gasteiger partial charge in [0.05, 0.1) is 5.56 Å². The average molecular weight is 684 g/mol. The van der Waals surface area contributed by atoms with Crippen molar-refractivity contribution in [3.63, 3.8) is 0 Å². The number of halogens is 2. The average Bonchev–Trinajstić information content (AvgIpc) is 3.33. The number of rotatable bonds is 6. The molecule has 0 aliphatic rings. The lowest BCUT2D eigenvalue weighted by atomic mass is 10.2. The Morgan fingerprint density at radius 3 is 2.68 bits per heavy atom. The molecule has 0 radical (unpaired) electrons. The minimum atomic E-state index is -0.337. The highest BCUT2D eigenvalue weighted by atomic mass is 127. The van der Waals surface area contributed by atoms with Gasteiger partial charge in [0.2, 0.25) is 5.89 Å². The van der Waals surface area contributed by atoms with E-state index in [-0.39, 0.29) is 11.0 Å². The smallest absolute Gasteiger partial charge is 0.257 e. The van der Waals surface area contributed by atoms with Crippen molar-refractivity contribution in [1.29, 1.82) is 0 Å². The van der Waals surface area contributed by atoms with Crippen molar-refractivity contribution < 1.29 is 13.9 Å². The second kappa shape index (κ2) is 11.4. The highest BCUT2D eigenvalue weighted by Crippen LogP contribution is 2.32. The zero-order chi connectivity index (χ0) is 25.8. The van der Waals surface area contributed by atoms with Crippen LogP contribution in [0.1, 0.15) is 15.9 Å². The van der Waals surface area contributed by atoms with Crippen molar-refractivity contribution in [2.45, 2.75) is 6.61 Å². The summed E-state index contributed by atoms with van der Waals surface area (Å²) in [7, 11) is 0.